The SMILES string of the molecule is CC(C)=CC1C(C(=O)NC2CCN(C(C)C)CC2)C1(C)C. The van der Waals surface area contributed by atoms with Crippen molar-refractivity contribution in [2.75, 3.05) is 13.1 Å². The van der Waals surface area contributed by atoms with Crippen LogP contribution in [0.5, 0.6) is 0 Å². The van der Waals surface area contributed by atoms with Gasteiger partial charge in [0.2, 0.25) is 5.91 Å². The maximum atomic E-state index is 12.5. The summed E-state index contributed by atoms with van der Waals surface area (Å²) in [6, 6.07) is 0.988. The summed E-state index contributed by atoms with van der Waals surface area (Å²) < 4.78 is 0. The lowest BCUT2D eigenvalue weighted by molar-refractivity contribution is -0.124. The van der Waals surface area contributed by atoms with Crippen LogP contribution in [0.15, 0.2) is 11.6 Å². The molecule has 0 aromatic carbocycles. The van der Waals surface area contributed by atoms with Crippen molar-refractivity contribution in [1.82, 2.24) is 10.2 Å². The van der Waals surface area contributed by atoms with Gasteiger partial charge >= 0.3 is 0 Å². The maximum absolute atomic E-state index is 12.5. The van der Waals surface area contributed by atoms with Gasteiger partial charge in [-0.2, -0.15) is 0 Å². The number of rotatable bonds is 4. The monoisotopic (exact) mass is 292 g/mol. The summed E-state index contributed by atoms with van der Waals surface area (Å²) >= 11 is 0. The molecule has 1 N–H and O–H groups in total. The van der Waals surface area contributed by atoms with Crippen LogP contribution >= 0.6 is 0 Å². The van der Waals surface area contributed by atoms with Gasteiger partial charge < -0.3 is 10.2 Å². The summed E-state index contributed by atoms with van der Waals surface area (Å²) in [6.45, 7) is 15.4. The van der Waals surface area contributed by atoms with Crippen LogP contribution in [0.4, 0.5) is 0 Å². The zero-order valence-electron chi connectivity index (χ0n) is 14.6. The highest BCUT2D eigenvalue weighted by molar-refractivity contribution is 5.84. The van der Waals surface area contributed by atoms with Gasteiger partial charge in [0.15, 0.2) is 0 Å². The zero-order valence-corrected chi connectivity index (χ0v) is 14.6. The van der Waals surface area contributed by atoms with E-state index in [0.717, 1.165) is 25.9 Å². The Hall–Kier alpha value is -0.830. The molecule has 2 aliphatic rings. The summed E-state index contributed by atoms with van der Waals surface area (Å²) in [5, 5.41) is 3.30. The van der Waals surface area contributed by atoms with Gasteiger partial charge in [-0.15, -0.1) is 0 Å². The first-order valence-corrected chi connectivity index (χ1v) is 8.43. The number of allylic oxidation sites excluding steroid dienone is 2. The van der Waals surface area contributed by atoms with Crippen LogP contribution in [-0.4, -0.2) is 36.0 Å². The van der Waals surface area contributed by atoms with E-state index in [0.29, 0.717) is 18.0 Å². The highest BCUT2D eigenvalue weighted by Gasteiger charge is 2.60. The van der Waals surface area contributed by atoms with Gasteiger partial charge in [-0.25, -0.2) is 0 Å². The van der Waals surface area contributed by atoms with Crippen LogP contribution < -0.4 is 5.32 Å². The van der Waals surface area contributed by atoms with Crippen LogP contribution in [0.2, 0.25) is 0 Å². The fraction of sp³-hybridized carbons (Fsp3) is 0.833. The second-order valence-corrected chi connectivity index (χ2v) is 7.98. The van der Waals surface area contributed by atoms with Crippen LogP contribution in [-0.2, 0) is 4.79 Å². The van der Waals surface area contributed by atoms with Gasteiger partial charge in [0.25, 0.3) is 0 Å². The molecule has 3 heteroatoms. The minimum Gasteiger partial charge on any atom is -0.353 e. The fourth-order valence-corrected chi connectivity index (χ4v) is 3.70. The molecule has 0 aromatic rings. The van der Waals surface area contributed by atoms with Crippen LogP contribution in [0, 0.1) is 17.3 Å². The summed E-state index contributed by atoms with van der Waals surface area (Å²) in [7, 11) is 0. The molecule has 2 unspecified atom stereocenters. The van der Waals surface area contributed by atoms with E-state index in [1.54, 1.807) is 0 Å². The molecule has 0 radical (unpaired) electrons. The maximum Gasteiger partial charge on any atom is 0.224 e. The van der Waals surface area contributed by atoms with Crippen molar-refractivity contribution in [3.63, 3.8) is 0 Å². The molecule has 1 saturated carbocycles. The first-order valence-electron chi connectivity index (χ1n) is 8.43. The van der Waals surface area contributed by atoms with Crippen molar-refractivity contribution in [3.8, 4) is 0 Å². The van der Waals surface area contributed by atoms with E-state index in [4.69, 9.17) is 0 Å². The third kappa shape index (κ3) is 3.68. The lowest BCUT2D eigenvalue weighted by atomic mass is 10.0. The Morgan fingerprint density at radius 1 is 1.24 bits per heavy atom. The van der Waals surface area contributed by atoms with E-state index in [9.17, 15) is 4.79 Å². The fourth-order valence-electron chi connectivity index (χ4n) is 3.70. The number of hydrogen-bond acceptors (Lipinski definition) is 2. The normalized spacial score (nSPS) is 29.3. The molecule has 1 amide bonds. The summed E-state index contributed by atoms with van der Waals surface area (Å²) in [5.74, 6) is 0.847. The lowest BCUT2D eigenvalue weighted by Gasteiger charge is -2.35. The van der Waals surface area contributed by atoms with Crippen molar-refractivity contribution >= 4 is 5.91 Å². The van der Waals surface area contributed by atoms with Gasteiger partial charge in [-0.3, -0.25) is 4.79 Å². The summed E-state index contributed by atoms with van der Waals surface area (Å²) in [4.78, 5) is 15.0. The molecule has 2 rings (SSSR count). The topological polar surface area (TPSA) is 32.3 Å². The number of nitrogens with one attached hydrogen (secondary N) is 1. The molecule has 2 atom stereocenters. The first kappa shape index (κ1) is 16.5. The highest BCUT2D eigenvalue weighted by Crippen LogP contribution is 2.59. The number of amides is 1. The Morgan fingerprint density at radius 2 is 1.81 bits per heavy atom. The van der Waals surface area contributed by atoms with E-state index in [1.165, 1.54) is 5.57 Å². The molecular formula is C18H32N2O. The molecule has 1 heterocycles. The number of likely N-dealkylation sites (tertiary alicyclic amines) is 1. The molecular weight excluding hydrogens is 260 g/mol. The Kier molecular flexibility index (Phi) is 4.82. The third-order valence-corrected chi connectivity index (χ3v) is 5.31. The minimum atomic E-state index is 0.125. The predicted molar refractivity (Wildman–Crippen MR) is 88.1 cm³/mol. The highest BCUT2D eigenvalue weighted by atomic mass is 16.2. The van der Waals surface area contributed by atoms with Gasteiger partial charge in [0.1, 0.15) is 0 Å². The van der Waals surface area contributed by atoms with Crippen LogP contribution in [0.3, 0.4) is 0 Å². The van der Waals surface area contributed by atoms with Crippen molar-refractivity contribution in [3.05, 3.63) is 11.6 Å². The van der Waals surface area contributed by atoms with E-state index < -0.39 is 0 Å². The Labute approximate surface area is 130 Å². The molecule has 2 fully saturated rings. The predicted octanol–water partition coefficient (Wildman–Crippen LogP) is 3.21. The van der Waals surface area contributed by atoms with E-state index in [2.05, 4.69) is 57.8 Å². The average molecular weight is 292 g/mol. The molecule has 3 nitrogen and oxygen atoms in total. The third-order valence-electron chi connectivity index (χ3n) is 5.31. The Bertz CT molecular complexity index is 413. The first-order chi connectivity index (χ1) is 9.73. The van der Waals surface area contributed by atoms with Crippen molar-refractivity contribution < 1.29 is 4.79 Å². The lowest BCUT2D eigenvalue weighted by Crippen LogP contribution is -2.47. The quantitative estimate of drug-likeness (QED) is 0.807. The molecule has 0 aromatic heterocycles. The number of carbonyl (C=O) groups excluding carboxylic acids is 1. The Balaban J connectivity index is 1.85. The standard InChI is InChI=1S/C18H32N2O/c1-12(2)11-15-16(18(15,5)6)17(21)19-14-7-9-20(10-8-14)13(3)4/h11,13-16H,7-10H2,1-6H3,(H,19,21). The second kappa shape index (κ2) is 6.12. The molecule has 0 spiro atoms. The minimum absolute atomic E-state index is 0.125. The molecule has 120 valence electrons. The van der Waals surface area contributed by atoms with Crippen LogP contribution in [0.1, 0.15) is 54.4 Å². The number of piperidine rings is 1. The van der Waals surface area contributed by atoms with Gasteiger partial charge in [-0.1, -0.05) is 25.5 Å². The number of nitrogens with zero attached hydrogens (tertiary/aromatic N) is 1. The smallest absolute Gasteiger partial charge is 0.224 e. The zero-order chi connectivity index (χ0) is 15.8. The van der Waals surface area contributed by atoms with Crippen molar-refractivity contribution in [2.24, 2.45) is 17.3 Å². The van der Waals surface area contributed by atoms with Crippen LogP contribution in [0.25, 0.3) is 0 Å². The second-order valence-electron chi connectivity index (χ2n) is 7.98. The largest absolute Gasteiger partial charge is 0.353 e. The van der Waals surface area contributed by atoms with Gasteiger partial charge in [0.05, 0.1) is 5.92 Å². The molecule has 21 heavy (non-hydrogen) atoms. The van der Waals surface area contributed by atoms with E-state index in [-0.39, 0.29) is 17.2 Å². The average Bonchev–Trinajstić information content (AvgIpc) is 2.90. The Morgan fingerprint density at radius 3 is 2.29 bits per heavy atom. The van der Waals surface area contributed by atoms with E-state index >= 15 is 0 Å². The van der Waals surface area contributed by atoms with Crippen molar-refractivity contribution in [2.45, 2.75) is 66.5 Å². The van der Waals surface area contributed by atoms with Gasteiger partial charge in [-0.05, 0) is 51.9 Å². The molecule has 1 aliphatic heterocycles. The number of carbonyl (C=O) groups is 1. The molecule has 1 saturated heterocycles. The summed E-state index contributed by atoms with van der Waals surface area (Å²) in [5.41, 5.74) is 1.44. The van der Waals surface area contributed by atoms with Gasteiger partial charge in [0, 0.05) is 25.2 Å². The molecule has 0 bridgehead atoms. The van der Waals surface area contributed by atoms with Crippen molar-refractivity contribution in [1.29, 1.82) is 0 Å². The number of hydrogen-bond donors (Lipinski definition) is 1. The summed E-state index contributed by atoms with van der Waals surface area (Å²) in [6.07, 6.45) is 4.44. The molecule has 1 aliphatic carbocycles. The van der Waals surface area contributed by atoms with E-state index in [1.807, 2.05) is 0 Å².